The number of benzene rings is 1. The van der Waals surface area contributed by atoms with Crippen LogP contribution in [0.4, 0.5) is 5.69 Å². The Morgan fingerprint density at radius 3 is 2.33 bits per heavy atom. The van der Waals surface area contributed by atoms with E-state index in [-0.39, 0.29) is 10.8 Å². The van der Waals surface area contributed by atoms with E-state index in [1.54, 1.807) is 12.1 Å². The van der Waals surface area contributed by atoms with Crippen LogP contribution in [-0.2, 0) is 14.8 Å². The minimum absolute atomic E-state index is 0.187. The van der Waals surface area contributed by atoms with Crippen molar-refractivity contribution in [2.75, 3.05) is 51.6 Å². The lowest BCUT2D eigenvalue weighted by Gasteiger charge is -2.32. The van der Waals surface area contributed by atoms with Crippen molar-refractivity contribution in [3.8, 4) is 0 Å². The molecule has 2 N–H and O–H groups in total. The van der Waals surface area contributed by atoms with E-state index in [2.05, 4.69) is 26.9 Å². The van der Waals surface area contributed by atoms with Crippen molar-refractivity contribution in [1.29, 1.82) is 0 Å². The van der Waals surface area contributed by atoms with Crippen molar-refractivity contribution < 1.29 is 13.2 Å². The second-order valence-corrected chi connectivity index (χ2v) is 7.87. The summed E-state index contributed by atoms with van der Waals surface area (Å²) in [6.07, 6.45) is 0.785. The van der Waals surface area contributed by atoms with Crippen LogP contribution in [0.2, 0.25) is 0 Å². The molecule has 2 rings (SSSR count). The van der Waals surface area contributed by atoms with Crippen molar-refractivity contribution in [3.05, 3.63) is 24.3 Å². The minimum Gasteiger partial charge on any atom is -0.326 e. The first-order chi connectivity index (χ1) is 11.4. The Labute approximate surface area is 144 Å². The zero-order valence-electron chi connectivity index (χ0n) is 14.3. The zero-order chi connectivity index (χ0) is 17.6. The predicted molar refractivity (Wildman–Crippen MR) is 94.5 cm³/mol. The maximum atomic E-state index is 12.2. The van der Waals surface area contributed by atoms with Crippen molar-refractivity contribution in [2.45, 2.75) is 18.2 Å². The van der Waals surface area contributed by atoms with Gasteiger partial charge in [-0.3, -0.25) is 4.79 Å². The van der Waals surface area contributed by atoms with E-state index >= 15 is 0 Å². The first kappa shape index (κ1) is 18.9. The lowest BCUT2D eigenvalue weighted by Crippen LogP contribution is -2.45. The molecule has 7 nitrogen and oxygen atoms in total. The van der Waals surface area contributed by atoms with Crippen LogP contribution in [-0.4, -0.2) is 70.4 Å². The molecule has 8 heteroatoms. The summed E-state index contributed by atoms with van der Waals surface area (Å²) < 4.78 is 27.1. The molecule has 0 bridgehead atoms. The van der Waals surface area contributed by atoms with Gasteiger partial charge in [0.25, 0.3) is 0 Å². The van der Waals surface area contributed by atoms with Gasteiger partial charge in [0, 0.05) is 45.3 Å². The summed E-state index contributed by atoms with van der Waals surface area (Å²) in [5.41, 5.74) is 0.580. The average molecular weight is 354 g/mol. The van der Waals surface area contributed by atoms with Crippen LogP contribution in [0.3, 0.4) is 0 Å². The van der Waals surface area contributed by atoms with Gasteiger partial charge in [-0.25, -0.2) is 13.1 Å². The molecule has 0 aromatic heterocycles. The third-order valence-corrected chi connectivity index (χ3v) is 5.50. The van der Waals surface area contributed by atoms with Crippen LogP contribution < -0.4 is 10.0 Å². The highest BCUT2D eigenvalue weighted by molar-refractivity contribution is 7.89. The van der Waals surface area contributed by atoms with E-state index in [4.69, 9.17) is 0 Å². The van der Waals surface area contributed by atoms with Gasteiger partial charge in [-0.05, 0) is 44.3 Å². The van der Waals surface area contributed by atoms with Crippen molar-refractivity contribution in [2.24, 2.45) is 0 Å². The van der Waals surface area contributed by atoms with Crippen LogP contribution in [0.5, 0.6) is 0 Å². The van der Waals surface area contributed by atoms with Gasteiger partial charge in [-0.2, -0.15) is 0 Å². The molecule has 1 aromatic carbocycles. The molecule has 1 aliphatic rings. The molecule has 0 spiro atoms. The Kier molecular flexibility index (Phi) is 6.73. The maximum absolute atomic E-state index is 12.2. The lowest BCUT2D eigenvalue weighted by atomic mass is 10.3. The third-order valence-electron chi connectivity index (χ3n) is 4.02. The molecule has 1 amide bonds. The molecule has 1 aliphatic heterocycles. The van der Waals surface area contributed by atoms with E-state index in [0.29, 0.717) is 12.2 Å². The molecule has 0 radical (unpaired) electrons. The quantitative estimate of drug-likeness (QED) is 0.700. The first-order valence-electron chi connectivity index (χ1n) is 8.15. The Morgan fingerprint density at radius 1 is 1.12 bits per heavy atom. The number of nitrogens with one attached hydrogen (secondary N) is 2. The van der Waals surface area contributed by atoms with Gasteiger partial charge >= 0.3 is 0 Å². The second-order valence-electron chi connectivity index (χ2n) is 6.10. The highest BCUT2D eigenvalue weighted by atomic mass is 32.2. The normalized spacial score (nSPS) is 16.9. The number of nitrogens with zero attached hydrogens (tertiary/aromatic N) is 2. The van der Waals surface area contributed by atoms with Crippen LogP contribution in [0.25, 0.3) is 0 Å². The Hall–Kier alpha value is -1.48. The number of anilines is 1. The van der Waals surface area contributed by atoms with Crippen molar-refractivity contribution >= 4 is 21.6 Å². The van der Waals surface area contributed by atoms with E-state index in [1.807, 2.05) is 0 Å². The second kappa shape index (κ2) is 8.57. The molecule has 1 aromatic rings. The first-order valence-corrected chi connectivity index (χ1v) is 9.63. The molecular weight excluding hydrogens is 328 g/mol. The average Bonchev–Trinajstić information content (AvgIpc) is 2.53. The van der Waals surface area contributed by atoms with Gasteiger partial charge in [0.2, 0.25) is 15.9 Å². The van der Waals surface area contributed by atoms with Gasteiger partial charge < -0.3 is 15.1 Å². The highest BCUT2D eigenvalue weighted by Crippen LogP contribution is 2.14. The molecular formula is C16H26N4O3S. The molecule has 0 atom stereocenters. The molecule has 1 saturated heterocycles. The van der Waals surface area contributed by atoms with Gasteiger partial charge in [0.15, 0.2) is 0 Å². The highest BCUT2D eigenvalue weighted by Gasteiger charge is 2.15. The number of piperazine rings is 1. The Bertz CT molecular complexity index is 638. The summed E-state index contributed by atoms with van der Waals surface area (Å²) in [6, 6.07) is 6.16. The summed E-state index contributed by atoms with van der Waals surface area (Å²) in [5.74, 6) is -0.187. The number of likely N-dealkylation sites (N-methyl/N-ethyl adjacent to an activating group) is 1. The maximum Gasteiger partial charge on any atom is 0.240 e. The molecule has 134 valence electrons. The van der Waals surface area contributed by atoms with Gasteiger partial charge in [-0.15, -0.1) is 0 Å². The summed E-state index contributed by atoms with van der Waals surface area (Å²) in [4.78, 5) is 15.8. The molecule has 0 unspecified atom stereocenters. The number of carbonyl (C=O) groups excluding carboxylic acids is 1. The summed E-state index contributed by atoms with van der Waals surface area (Å²) in [6.45, 7) is 6.92. The number of rotatable bonds is 7. The number of hydrogen-bond acceptors (Lipinski definition) is 5. The standard InChI is InChI=1S/C16H26N4O3S/c1-14(21)18-15-4-6-16(7-5-15)24(22,23)17-8-3-9-20-12-10-19(2)11-13-20/h4-7,17H,3,8-13H2,1-2H3,(H,18,21). The fourth-order valence-corrected chi connectivity index (χ4v) is 3.66. The predicted octanol–water partition coefficient (Wildman–Crippen LogP) is 0.561. The molecule has 24 heavy (non-hydrogen) atoms. The molecule has 1 heterocycles. The van der Waals surface area contributed by atoms with Crippen LogP contribution in [0, 0.1) is 0 Å². The lowest BCUT2D eigenvalue weighted by molar-refractivity contribution is -0.114. The van der Waals surface area contributed by atoms with E-state index in [0.717, 1.165) is 39.1 Å². The fraction of sp³-hybridized carbons (Fsp3) is 0.562. The largest absolute Gasteiger partial charge is 0.326 e. The molecule has 1 fully saturated rings. The number of sulfonamides is 1. The van der Waals surface area contributed by atoms with Gasteiger partial charge in [-0.1, -0.05) is 0 Å². The van der Waals surface area contributed by atoms with E-state index < -0.39 is 10.0 Å². The van der Waals surface area contributed by atoms with Crippen LogP contribution >= 0.6 is 0 Å². The molecule has 0 aliphatic carbocycles. The summed E-state index contributed by atoms with van der Waals surface area (Å²) in [7, 11) is -1.39. The van der Waals surface area contributed by atoms with Crippen LogP contribution in [0.15, 0.2) is 29.2 Å². The summed E-state index contributed by atoms with van der Waals surface area (Å²) >= 11 is 0. The third kappa shape index (κ3) is 5.86. The number of amides is 1. The summed E-state index contributed by atoms with van der Waals surface area (Å²) in [5, 5.41) is 2.61. The van der Waals surface area contributed by atoms with Crippen LogP contribution in [0.1, 0.15) is 13.3 Å². The zero-order valence-corrected chi connectivity index (χ0v) is 15.1. The Morgan fingerprint density at radius 2 is 1.75 bits per heavy atom. The van der Waals surface area contributed by atoms with Crippen molar-refractivity contribution in [1.82, 2.24) is 14.5 Å². The molecule has 0 saturated carbocycles. The Balaban J connectivity index is 1.77. The van der Waals surface area contributed by atoms with Crippen molar-refractivity contribution in [3.63, 3.8) is 0 Å². The van der Waals surface area contributed by atoms with Gasteiger partial charge in [0.1, 0.15) is 0 Å². The van der Waals surface area contributed by atoms with E-state index in [1.165, 1.54) is 19.1 Å². The number of carbonyl (C=O) groups is 1. The van der Waals surface area contributed by atoms with Gasteiger partial charge in [0.05, 0.1) is 4.90 Å². The SMILES string of the molecule is CC(=O)Nc1ccc(S(=O)(=O)NCCCN2CCN(C)CC2)cc1. The number of hydrogen-bond donors (Lipinski definition) is 2. The fourth-order valence-electron chi connectivity index (χ4n) is 2.58. The topological polar surface area (TPSA) is 81.7 Å². The monoisotopic (exact) mass is 354 g/mol. The van der Waals surface area contributed by atoms with E-state index in [9.17, 15) is 13.2 Å². The smallest absolute Gasteiger partial charge is 0.240 e. The minimum atomic E-state index is -3.51.